The van der Waals surface area contributed by atoms with Crippen molar-refractivity contribution in [3.05, 3.63) is 42.0 Å². The first-order chi connectivity index (χ1) is 10.3. The predicted octanol–water partition coefficient (Wildman–Crippen LogP) is 2.57. The number of hydrogen-bond acceptors (Lipinski definition) is 6. The SMILES string of the molecule is O=C(O)CSc1nnc(-c2cncs2)n1-c1ccccc1. The summed E-state index contributed by atoms with van der Waals surface area (Å²) in [5.41, 5.74) is 2.61. The highest BCUT2D eigenvalue weighted by Gasteiger charge is 2.17. The van der Waals surface area contributed by atoms with Gasteiger partial charge in [0.2, 0.25) is 0 Å². The molecule has 0 atom stereocenters. The molecule has 1 N–H and O–H groups in total. The van der Waals surface area contributed by atoms with Gasteiger partial charge in [-0.15, -0.1) is 21.5 Å². The van der Waals surface area contributed by atoms with Gasteiger partial charge >= 0.3 is 5.97 Å². The topological polar surface area (TPSA) is 80.9 Å². The Morgan fingerprint density at radius 3 is 2.76 bits per heavy atom. The summed E-state index contributed by atoms with van der Waals surface area (Å²) < 4.78 is 1.85. The molecule has 3 rings (SSSR count). The molecular formula is C13H10N4O2S2. The molecule has 0 aliphatic rings. The zero-order chi connectivity index (χ0) is 14.7. The number of carboxylic acid groups (broad SMARTS) is 1. The number of aromatic nitrogens is 4. The van der Waals surface area contributed by atoms with E-state index < -0.39 is 5.97 Å². The van der Waals surface area contributed by atoms with Gasteiger partial charge in [0.1, 0.15) is 0 Å². The van der Waals surface area contributed by atoms with Gasteiger partial charge in [-0.05, 0) is 12.1 Å². The summed E-state index contributed by atoms with van der Waals surface area (Å²) in [6.07, 6.45) is 1.72. The van der Waals surface area contributed by atoms with Crippen LogP contribution in [0, 0.1) is 0 Å². The van der Waals surface area contributed by atoms with Crippen molar-refractivity contribution in [2.24, 2.45) is 0 Å². The lowest BCUT2D eigenvalue weighted by atomic mass is 10.3. The molecule has 0 aliphatic carbocycles. The number of aliphatic carboxylic acids is 1. The highest BCUT2D eigenvalue weighted by molar-refractivity contribution is 7.99. The Balaban J connectivity index is 2.08. The van der Waals surface area contributed by atoms with E-state index in [9.17, 15) is 4.79 Å². The van der Waals surface area contributed by atoms with Gasteiger partial charge in [0.05, 0.1) is 16.1 Å². The molecule has 21 heavy (non-hydrogen) atoms. The van der Waals surface area contributed by atoms with Gasteiger partial charge in [-0.25, -0.2) is 0 Å². The Kier molecular flexibility index (Phi) is 3.98. The Bertz CT molecular complexity index is 741. The summed E-state index contributed by atoms with van der Waals surface area (Å²) in [6.45, 7) is 0. The van der Waals surface area contributed by atoms with Gasteiger partial charge < -0.3 is 5.11 Å². The number of rotatable bonds is 5. The van der Waals surface area contributed by atoms with Crippen LogP contribution in [0.2, 0.25) is 0 Å². The van der Waals surface area contributed by atoms with Crippen molar-refractivity contribution in [3.63, 3.8) is 0 Å². The summed E-state index contributed by atoms with van der Waals surface area (Å²) >= 11 is 2.60. The van der Waals surface area contributed by atoms with Crippen molar-refractivity contribution < 1.29 is 9.90 Å². The second-order valence-electron chi connectivity index (χ2n) is 4.03. The molecule has 106 valence electrons. The average molecular weight is 318 g/mol. The van der Waals surface area contributed by atoms with E-state index in [-0.39, 0.29) is 5.75 Å². The van der Waals surface area contributed by atoms with Gasteiger partial charge in [-0.3, -0.25) is 14.3 Å². The minimum atomic E-state index is -0.887. The summed E-state index contributed by atoms with van der Waals surface area (Å²) in [6, 6.07) is 9.61. The Labute approximate surface area is 128 Å². The molecular weight excluding hydrogens is 308 g/mol. The van der Waals surface area contributed by atoms with E-state index in [1.165, 1.54) is 11.3 Å². The number of thioether (sulfide) groups is 1. The highest BCUT2D eigenvalue weighted by Crippen LogP contribution is 2.29. The zero-order valence-corrected chi connectivity index (χ0v) is 12.3. The summed E-state index contributed by atoms with van der Waals surface area (Å²) in [5, 5.41) is 17.7. The standard InChI is InChI=1S/C13H10N4O2S2/c18-11(19)7-20-13-16-15-12(10-6-14-8-21-10)17(13)9-4-2-1-3-5-9/h1-6,8H,7H2,(H,18,19). The first-order valence-electron chi connectivity index (χ1n) is 6.00. The van der Waals surface area contributed by atoms with Crippen molar-refractivity contribution >= 4 is 29.1 Å². The minimum absolute atomic E-state index is 0.0618. The number of nitrogens with zero attached hydrogens (tertiary/aromatic N) is 4. The van der Waals surface area contributed by atoms with Crippen molar-refractivity contribution in [2.75, 3.05) is 5.75 Å². The molecule has 0 aliphatic heterocycles. The molecule has 6 nitrogen and oxygen atoms in total. The monoisotopic (exact) mass is 318 g/mol. The van der Waals surface area contributed by atoms with Crippen LogP contribution in [0.3, 0.4) is 0 Å². The maximum absolute atomic E-state index is 10.8. The molecule has 0 fully saturated rings. The second-order valence-corrected chi connectivity index (χ2v) is 5.85. The molecule has 0 amide bonds. The quantitative estimate of drug-likeness (QED) is 0.728. The van der Waals surface area contributed by atoms with Crippen LogP contribution in [0.4, 0.5) is 0 Å². The van der Waals surface area contributed by atoms with Crippen LogP contribution in [0.25, 0.3) is 16.4 Å². The fourth-order valence-electron chi connectivity index (χ4n) is 1.79. The number of carbonyl (C=O) groups is 1. The molecule has 0 radical (unpaired) electrons. The lowest BCUT2D eigenvalue weighted by molar-refractivity contribution is -0.133. The largest absolute Gasteiger partial charge is 0.481 e. The minimum Gasteiger partial charge on any atom is -0.481 e. The van der Waals surface area contributed by atoms with Crippen LogP contribution in [0.1, 0.15) is 0 Å². The number of thiazole rings is 1. The van der Waals surface area contributed by atoms with E-state index in [1.807, 2.05) is 34.9 Å². The highest BCUT2D eigenvalue weighted by atomic mass is 32.2. The summed E-state index contributed by atoms with van der Waals surface area (Å²) in [7, 11) is 0. The van der Waals surface area contributed by atoms with E-state index >= 15 is 0 Å². The van der Waals surface area contributed by atoms with Crippen molar-refractivity contribution in [1.29, 1.82) is 0 Å². The fourth-order valence-corrected chi connectivity index (χ4v) is 3.05. The van der Waals surface area contributed by atoms with E-state index in [4.69, 9.17) is 5.11 Å². The maximum atomic E-state index is 10.8. The van der Waals surface area contributed by atoms with E-state index in [1.54, 1.807) is 11.7 Å². The van der Waals surface area contributed by atoms with Gasteiger partial charge in [0.15, 0.2) is 11.0 Å². The molecule has 8 heteroatoms. The molecule has 3 aromatic rings. The predicted molar refractivity (Wildman–Crippen MR) is 80.8 cm³/mol. The molecule has 2 aromatic heterocycles. The Morgan fingerprint density at radius 1 is 1.29 bits per heavy atom. The smallest absolute Gasteiger partial charge is 0.313 e. The second kappa shape index (κ2) is 6.06. The third-order valence-electron chi connectivity index (χ3n) is 2.63. The third kappa shape index (κ3) is 2.96. The Hall–Kier alpha value is -2.19. The van der Waals surface area contributed by atoms with Gasteiger partial charge in [0, 0.05) is 11.9 Å². The van der Waals surface area contributed by atoms with Crippen molar-refractivity contribution in [2.45, 2.75) is 5.16 Å². The van der Waals surface area contributed by atoms with Crippen molar-refractivity contribution in [1.82, 2.24) is 19.7 Å². The van der Waals surface area contributed by atoms with Gasteiger partial charge in [0.25, 0.3) is 0 Å². The zero-order valence-electron chi connectivity index (χ0n) is 10.7. The number of hydrogen-bond donors (Lipinski definition) is 1. The lowest BCUT2D eigenvalue weighted by Crippen LogP contribution is -2.02. The van der Waals surface area contributed by atoms with Crippen molar-refractivity contribution in [3.8, 4) is 16.4 Å². The average Bonchev–Trinajstić information content (AvgIpc) is 3.15. The molecule has 2 heterocycles. The van der Waals surface area contributed by atoms with Crippen LogP contribution >= 0.6 is 23.1 Å². The molecule has 0 spiro atoms. The molecule has 1 aromatic carbocycles. The van der Waals surface area contributed by atoms with Gasteiger partial charge in [-0.2, -0.15) is 0 Å². The number of carboxylic acids is 1. The molecule has 0 unspecified atom stereocenters. The summed E-state index contributed by atoms with van der Waals surface area (Å²) in [5.74, 6) is -0.285. The van der Waals surface area contributed by atoms with E-state index in [2.05, 4.69) is 15.2 Å². The van der Waals surface area contributed by atoms with Crippen LogP contribution in [-0.4, -0.2) is 36.6 Å². The van der Waals surface area contributed by atoms with Crippen LogP contribution in [-0.2, 0) is 4.79 Å². The fraction of sp³-hybridized carbons (Fsp3) is 0.0769. The number of para-hydroxylation sites is 1. The van der Waals surface area contributed by atoms with Gasteiger partial charge in [-0.1, -0.05) is 30.0 Å². The molecule has 0 saturated heterocycles. The molecule has 0 bridgehead atoms. The van der Waals surface area contributed by atoms with E-state index in [0.29, 0.717) is 11.0 Å². The third-order valence-corrected chi connectivity index (χ3v) is 4.31. The maximum Gasteiger partial charge on any atom is 0.313 e. The first kappa shape index (κ1) is 13.8. The number of benzene rings is 1. The van der Waals surface area contributed by atoms with Crippen LogP contribution < -0.4 is 0 Å². The van der Waals surface area contributed by atoms with Crippen LogP contribution in [0.15, 0.2) is 47.2 Å². The Morgan fingerprint density at radius 2 is 2.10 bits per heavy atom. The normalized spacial score (nSPS) is 10.7. The first-order valence-corrected chi connectivity index (χ1v) is 7.86. The van der Waals surface area contributed by atoms with Crippen LogP contribution in [0.5, 0.6) is 0 Å². The van der Waals surface area contributed by atoms with E-state index in [0.717, 1.165) is 22.3 Å². The lowest BCUT2D eigenvalue weighted by Gasteiger charge is -2.08. The summed E-state index contributed by atoms with van der Waals surface area (Å²) in [4.78, 5) is 15.7. The molecule has 0 saturated carbocycles.